The molecule has 0 saturated heterocycles. The first-order valence-electron chi connectivity index (χ1n) is 4.97. The standard InChI is InChI=1S/C11H13BrN2O3/c1-7(11(16)14-6-10(13)15)17-9-4-2-8(12)3-5-9/h2-5,7H,6H2,1H3,(H2,13,15)(H,14,16)/t7-/m1/s1. The molecule has 17 heavy (non-hydrogen) atoms. The number of carbonyl (C=O) groups excluding carboxylic acids is 2. The summed E-state index contributed by atoms with van der Waals surface area (Å²) in [5.74, 6) is -0.393. The number of hydrogen-bond acceptors (Lipinski definition) is 3. The summed E-state index contributed by atoms with van der Waals surface area (Å²) in [6.07, 6.45) is -0.685. The van der Waals surface area contributed by atoms with E-state index < -0.39 is 12.0 Å². The van der Waals surface area contributed by atoms with Crippen molar-refractivity contribution in [2.24, 2.45) is 5.73 Å². The van der Waals surface area contributed by atoms with Gasteiger partial charge in [-0.2, -0.15) is 0 Å². The third kappa shape index (κ3) is 4.86. The Morgan fingerprint density at radius 3 is 2.53 bits per heavy atom. The molecule has 92 valence electrons. The second-order valence-corrected chi connectivity index (χ2v) is 4.31. The van der Waals surface area contributed by atoms with Crippen LogP contribution in [0.4, 0.5) is 0 Å². The molecule has 0 aliphatic rings. The number of nitrogens with two attached hydrogens (primary N) is 1. The number of nitrogens with one attached hydrogen (secondary N) is 1. The Morgan fingerprint density at radius 2 is 2.00 bits per heavy atom. The minimum absolute atomic E-state index is 0.188. The van der Waals surface area contributed by atoms with Gasteiger partial charge >= 0.3 is 0 Å². The molecular formula is C11H13BrN2O3. The summed E-state index contributed by atoms with van der Waals surface area (Å²) < 4.78 is 6.30. The van der Waals surface area contributed by atoms with Gasteiger partial charge in [0, 0.05) is 4.47 Å². The molecule has 0 bridgehead atoms. The van der Waals surface area contributed by atoms with Crippen molar-refractivity contribution in [1.82, 2.24) is 5.32 Å². The van der Waals surface area contributed by atoms with Crippen molar-refractivity contribution in [2.75, 3.05) is 6.54 Å². The van der Waals surface area contributed by atoms with Crippen LogP contribution in [0.3, 0.4) is 0 Å². The third-order valence-corrected chi connectivity index (χ3v) is 2.46. The Kier molecular flexibility index (Phi) is 4.96. The number of rotatable bonds is 5. The summed E-state index contributed by atoms with van der Waals surface area (Å²) in [5, 5.41) is 2.37. The smallest absolute Gasteiger partial charge is 0.261 e. The van der Waals surface area contributed by atoms with Crippen LogP contribution in [0.25, 0.3) is 0 Å². The molecule has 0 aliphatic heterocycles. The number of carbonyl (C=O) groups is 2. The van der Waals surface area contributed by atoms with Gasteiger partial charge in [0.1, 0.15) is 5.75 Å². The Balaban J connectivity index is 2.48. The largest absolute Gasteiger partial charge is 0.481 e. The lowest BCUT2D eigenvalue weighted by molar-refractivity contribution is -0.129. The lowest BCUT2D eigenvalue weighted by atomic mass is 10.3. The van der Waals surface area contributed by atoms with Crippen molar-refractivity contribution in [3.63, 3.8) is 0 Å². The summed E-state index contributed by atoms with van der Waals surface area (Å²) >= 11 is 3.30. The van der Waals surface area contributed by atoms with Gasteiger partial charge in [-0.05, 0) is 31.2 Å². The van der Waals surface area contributed by atoms with Crippen molar-refractivity contribution in [2.45, 2.75) is 13.0 Å². The van der Waals surface area contributed by atoms with E-state index in [1.54, 1.807) is 19.1 Å². The quantitative estimate of drug-likeness (QED) is 0.844. The highest BCUT2D eigenvalue weighted by Crippen LogP contribution is 2.17. The molecule has 0 fully saturated rings. The second-order valence-electron chi connectivity index (χ2n) is 3.40. The first-order chi connectivity index (χ1) is 7.99. The van der Waals surface area contributed by atoms with Crippen molar-refractivity contribution >= 4 is 27.7 Å². The normalized spacial score (nSPS) is 11.6. The number of amides is 2. The van der Waals surface area contributed by atoms with Crippen molar-refractivity contribution < 1.29 is 14.3 Å². The van der Waals surface area contributed by atoms with Gasteiger partial charge < -0.3 is 15.8 Å². The minimum Gasteiger partial charge on any atom is -0.481 e. The van der Waals surface area contributed by atoms with E-state index in [1.807, 2.05) is 12.1 Å². The second kappa shape index (κ2) is 6.24. The van der Waals surface area contributed by atoms with Crippen molar-refractivity contribution in [3.05, 3.63) is 28.7 Å². The molecule has 0 aliphatic carbocycles. The fourth-order valence-corrected chi connectivity index (χ4v) is 1.35. The lowest BCUT2D eigenvalue weighted by Crippen LogP contribution is -2.40. The summed E-state index contributed by atoms with van der Waals surface area (Å²) in [6.45, 7) is 1.41. The molecule has 0 unspecified atom stereocenters. The van der Waals surface area contributed by atoms with Gasteiger partial charge in [0.05, 0.1) is 6.54 Å². The minimum atomic E-state index is -0.685. The molecule has 1 aromatic rings. The van der Waals surface area contributed by atoms with Crippen LogP contribution in [0.5, 0.6) is 5.75 Å². The average molecular weight is 301 g/mol. The van der Waals surface area contributed by atoms with Gasteiger partial charge in [-0.15, -0.1) is 0 Å². The fourth-order valence-electron chi connectivity index (χ4n) is 1.09. The average Bonchev–Trinajstić information content (AvgIpc) is 2.28. The van der Waals surface area contributed by atoms with E-state index in [0.29, 0.717) is 5.75 Å². The highest BCUT2D eigenvalue weighted by molar-refractivity contribution is 9.10. The zero-order valence-corrected chi connectivity index (χ0v) is 10.9. The Hall–Kier alpha value is -1.56. The molecule has 1 atom stereocenters. The molecule has 0 radical (unpaired) electrons. The number of halogens is 1. The predicted octanol–water partition coefficient (Wildman–Crippen LogP) is 0.818. The molecule has 6 heteroatoms. The van der Waals surface area contributed by atoms with E-state index in [-0.39, 0.29) is 12.5 Å². The van der Waals surface area contributed by atoms with Crippen LogP contribution in [0, 0.1) is 0 Å². The molecule has 3 N–H and O–H groups in total. The first kappa shape index (κ1) is 13.5. The molecular weight excluding hydrogens is 288 g/mol. The Morgan fingerprint density at radius 1 is 1.41 bits per heavy atom. The number of ether oxygens (including phenoxy) is 1. The third-order valence-electron chi connectivity index (χ3n) is 1.93. The van der Waals surface area contributed by atoms with Crippen molar-refractivity contribution in [1.29, 1.82) is 0 Å². The number of hydrogen-bond donors (Lipinski definition) is 2. The van der Waals surface area contributed by atoms with Gasteiger partial charge in [-0.1, -0.05) is 15.9 Å². The fraction of sp³-hybridized carbons (Fsp3) is 0.273. The topological polar surface area (TPSA) is 81.4 Å². The summed E-state index contributed by atoms with van der Waals surface area (Å²) in [7, 11) is 0. The maximum Gasteiger partial charge on any atom is 0.261 e. The highest BCUT2D eigenvalue weighted by atomic mass is 79.9. The molecule has 0 aromatic heterocycles. The van der Waals surface area contributed by atoms with Crippen LogP contribution in [0.2, 0.25) is 0 Å². The molecule has 1 aromatic carbocycles. The van der Waals surface area contributed by atoms with E-state index >= 15 is 0 Å². The lowest BCUT2D eigenvalue weighted by Gasteiger charge is -2.14. The van der Waals surface area contributed by atoms with Crippen molar-refractivity contribution in [3.8, 4) is 5.75 Å². The SMILES string of the molecule is C[C@@H](Oc1ccc(Br)cc1)C(=O)NCC(N)=O. The monoisotopic (exact) mass is 300 g/mol. The zero-order valence-electron chi connectivity index (χ0n) is 9.27. The maximum atomic E-state index is 11.5. The number of benzene rings is 1. The van der Waals surface area contributed by atoms with Crippen LogP contribution >= 0.6 is 15.9 Å². The molecule has 1 rings (SSSR count). The van der Waals surface area contributed by atoms with Gasteiger partial charge in [0.2, 0.25) is 5.91 Å². The molecule has 0 saturated carbocycles. The van der Waals surface area contributed by atoms with Gasteiger partial charge in [0.25, 0.3) is 5.91 Å². The molecule has 2 amide bonds. The summed E-state index contributed by atoms with van der Waals surface area (Å²) in [5.41, 5.74) is 4.91. The predicted molar refractivity (Wildman–Crippen MR) is 66.4 cm³/mol. The van der Waals surface area contributed by atoms with Gasteiger partial charge in [0.15, 0.2) is 6.10 Å². The van der Waals surface area contributed by atoms with E-state index in [9.17, 15) is 9.59 Å². The van der Waals surface area contributed by atoms with E-state index in [4.69, 9.17) is 10.5 Å². The van der Waals surface area contributed by atoms with Gasteiger partial charge in [-0.3, -0.25) is 9.59 Å². The Bertz CT molecular complexity index is 406. The zero-order chi connectivity index (χ0) is 12.8. The van der Waals surface area contributed by atoms with Crippen LogP contribution in [-0.2, 0) is 9.59 Å². The highest BCUT2D eigenvalue weighted by Gasteiger charge is 2.14. The van der Waals surface area contributed by atoms with Crippen LogP contribution in [0.1, 0.15) is 6.92 Å². The van der Waals surface area contributed by atoms with E-state index in [1.165, 1.54) is 0 Å². The molecule has 0 spiro atoms. The van der Waals surface area contributed by atoms with Crippen LogP contribution < -0.4 is 15.8 Å². The van der Waals surface area contributed by atoms with Gasteiger partial charge in [-0.25, -0.2) is 0 Å². The van der Waals surface area contributed by atoms with Crippen LogP contribution in [0.15, 0.2) is 28.7 Å². The van der Waals surface area contributed by atoms with E-state index in [0.717, 1.165) is 4.47 Å². The van der Waals surface area contributed by atoms with E-state index in [2.05, 4.69) is 21.2 Å². The first-order valence-corrected chi connectivity index (χ1v) is 5.76. The number of primary amides is 1. The summed E-state index contributed by atoms with van der Waals surface area (Å²) in [4.78, 5) is 21.9. The summed E-state index contributed by atoms with van der Waals surface area (Å²) in [6, 6.07) is 7.09. The maximum absolute atomic E-state index is 11.5. The molecule has 0 heterocycles. The Labute approximate surface area is 107 Å². The van der Waals surface area contributed by atoms with Crippen LogP contribution in [-0.4, -0.2) is 24.5 Å². The molecule has 5 nitrogen and oxygen atoms in total.